The second kappa shape index (κ2) is 11.0. The summed E-state index contributed by atoms with van der Waals surface area (Å²) in [6.07, 6.45) is 0.880. The van der Waals surface area contributed by atoms with Gasteiger partial charge in [0.15, 0.2) is 5.16 Å². The zero-order valence-electron chi connectivity index (χ0n) is 19.0. The van der Waals surface area contributed by atoms with E-state index < -0.39 is 0 Å². The van der Waals surface area contributed by atoms with E-state index in [2.05, 4.69) is 20.2 Å². The van der Waals surface area contributed by atoms with Crippen LogP contribution < -0.4 is 10.2 Å². The number of anilines is 1. The van der Waals surface area contributed by atoms with Crippen molar-refractivity contribution in [1.82, 2.24) is 20.2 Å². The van der Waals surface area contributed by atoms with Gasteiger partial charge < -0.3 is 15.1 Å². The summed E-state index contributed by atoms with van der Waals surface area (Å²) in [5.41, 5.74) is 1.83. The van der Waals surface area contributed by atoms with Crippen molar-refractivity contribution >= 4 is 41.0 Å². The van der Waals surface area contributed by atoms with Crippen LogP contribution in [0.3, 0.4) is 0 Å². The molecule has 0 saturated carbocycles. The van der Waals surface area contributed by atoms with Crippen LogP contribution in [0.4, 0.5) is 5.82 Å². The predicted octanol–water partition coefficient (Wildman–Crippen LogP) is 3.80. The number of thioether (sulfide) groups is 1. The van der Waals surface area contributed by atoms with Gasteiger partial charge in [0.25, 0.3) is 5.91 Å². The molecule has 0 bridgehead atoms. The molecule has 1 saturated heterocycles. The molecule has 2 amide bonds. The molecule has 32 heavy (non-hydrogen) atoms. The predicted molar refractivity (Wildman–Crippen MR) is 130 cm³/mol. The summed E-state index contributed by atoms with van der Waals surface area (Å²) in [6, 6.07) is 9.56. The van der Waals surface area contributed by atoms with Gasteiger partial charge >= 0.3 is 0 Å². The minimum atomic E-state index is -0.0497. The number of carbonyl (C=O) groups excluding carboxylic acids is 2. The fourth-order valence-corrected chi connectivity index (χ4v) is 4.38. The number of piperazine rings is 1. The highest BCUT2D eigenvalue weighted by Crippen LogP contribution is 2.24. The van der Waals surface area contributed by atoms with Gasteiger partial charge in [-0.25, -0.2) is 9.97 Å². The van der Waals surface area contributed by atoms with E-state index in [1.54, 1.807) is 6.07 Å². The molecule has 1 aliphatic heterocycles. The normalized spacial score (nSPS) is 17.2. The van der Waals surface area contributed by atoms with Crippen LogP contribution in [0.1, 0.15) is 43.1 Å². The van der Waals surface area contributed by atoms with Gasteiger partial charge in [-0.1, -0.05) is 48.0 Å². The molecule has 9 heteroatoms. The topological polar surface area (TPSA) is 78.4 Å². The van der Waals surface area contributed by atoms with E-state index in [0.29, 0.717) is 41.3 Å². The van der Waals surface area contributed by atoms with Crippen molar-refractivity contribution in [3.8, 4) is 0 Å². The van der Waals surface area contributed by atoms with Crippen LogP contribution in [0.2, 0.25) is 5.15 Å². The number of aromatic nitrogens is 2. The minimum Gasteiger partial charge on any atom is -0.353 e. The Bertz CT molecular complexity index is 956. The van der Waals surface area contributed by atoms with E-state index in [1.807, 2.05) is 56.9 Å². The summed E-state index contributed by atoms with van der Waals surface area (Å²) in [4.78, 5) is 37.9. The van der Waals surface area contributed by atoms with Gasteiger partial charge in [0, 0.05) is 43.3 Å². The third-order valence-electron chi connectivity index (χ3n) is 5.52. The Hall–Kier alpha value is -2.32. The molecule has 1 aromatic carbocycles. The number of nitrogens with zero attached hydrogens (tertiary/aromatic N) is 4. The molecule has 0 aliphatic carbocycles. The van der Waals surface area contributed by atoms with Crippen LogP contribution in [0, 0.1) is 6.92 Å². The highest BCUT2D eigenvalue weighted by Gasteiger charge is 2.29. The highest BCUT2D eigenvalue weighted by atomic mass is 35.5. The molecule has 1 aromatic heterocycles. The first-order valence-electron chi connectivity index (χ1n) is 10.9. The molecular formula is C23H30ClN5O2S. The molecule has 3 rings (SSSR count). The number of rotatable bonds is 7. The van der Waals surface area contributed by atoms with E-state index in [0.717, 1.165) is 12.0 Å². The van der Waals surface area contributed by atoms with Crippen molar-refractivity contribution in [2.24, 2.45) is 0 Å². The average Bonchev–Trinajstić information content (AvgIpc) is 2.77. The second-order valence-corrected chi connectivity index (χ2v) is 9.49. The van der Waals surface area contributed by atoms with Crippen molar-refractivity contribution in [2.75, 3.05) is 30.3 Å². The van der Waals surface area contributed by atoms with Crippen LogP contribution in [0.25, 0.3) is 0 Å². The van der Waals surface area contributed by atoms with Gasteiger partial charge in [-0.2, -0.15) is 0 Å². The smallest absolute Gasteiger partial charge is 0.254 e. The van der Waals surface area contributed by atoms with Crippen LogP contribution in [-0.4, -0.2) is 64.2 Å². The lowest BCUT2D eigenvalue weighted by Crippen LogP contribution is -2.54. The van der Waals surface area contributed by atoms with E-state index in [1.165, 1.54) is 11.8 Å². The molecule has 1 aliphatic rings. The molecule has 1 fully saturated rings. The first-order chi connectivity index (χ1) is 15.3. The Morgan fingerprint density at radius 2 is 1.97 bits per heavy atom. The molecule has 7 nitrogen and oxygen atoms in total. The van der Waals surface area contributed by atoms with Gasteiger partial charge in [-0.05, 0) is 39.3 Å². The first-order valence-corrected chi connectivity index (χ1v) is 12.2. The summed E-state index contributed by atoms with van der Waals surface area (Å²) in [5, 5.41) is 3.74. The molecule has 2 unspecified atom stereocenters. The fraction of sp³-hybridized carbons (Fsp3) is 0.478. The molecule has 2 heterocycles. The number of benzene rings is 1. The number of aryl methyl sites for hydroxylation is 1. The maximum absolute atomic E-state index is 12.9. The Morgan fingerprint density at radius 1 is 1.25 bits per heavy atom. The van der Waals surface area contributed by atoms with Gasteiger partial charge in [0.1, 0.15) is 11.0 Å². The standard InChI is InChI=1S/C23H30ClN5O2S/c1-5-16(3)25-21(30)14-32-23-26-19(24)12-20(27-23)28-10-11-29(17(4)13-28)22(31)18-8-6-15(2)7-9-18/h6-9,12,16-17H,5,10-11,13-14H2,1-4H3,(H,25,30). The van der Waals surface area contributed by atoms with E-state index >= 15 is 0 Å². The average molecular weight is 476 g/mol. The van der Waals surface area contributed by atoms with Crippen molar-refractivity contribution in [3.63, 3.8) is 0 Å². The Labute approximate surface area is 198 Å². The molecule has 0 radical (unpaired) electrons. The second-order valence-electron chi connectivity index (χ2n) is 8.16. The SMILES string of the molecule is CCC(C)NC(=O)CSc1nc(Cl)cc(N2CCN(C(=O)c3ccc(C)cc3)C(C)C2)n1. The minimum absolute atomic E-state index is 0.0173. The van der Waals surface area contributed by atoms with Crippen molar-refractivity contribution in [1.29, 1.82) is 0 Å². The lowest BCUT2D eigenvalue weighted by Gasteiger charge is -2.40. The number of amides is 2. The lowest BCUT2D eigenvalue weighted by atomic mass is 10.1. The van der Waals surface area contributed by atoms with Crippen molar-refractivity contribution in [3.05, 3.63) is 46.6 Å². The molecule has 2 atom stereocenters. The van der Waals surface area contributed by atoms with Crippen LogP contribution in [0.5, 0.6) is 0 Å². The summed E-state index contributed by atoms with van der Waals surface area (Å²) < 4.78 is 0. The van der Waals surface area contributed by atoms with Gasteiger partial charge in [0.05, 0.1) is 5.75 Å². The van der Waals surface area contributed by atoms with Crippen molar-refractivity contribution < 1.29 is 9.59 Å². The molecular weight excluding hydrogens is 446 g/mol. The zero-order valence-corrected chi connectivity index (χ0v) is 20.5. The molecule has 2 aromatic rings. The molecule has 1 N–H and O–H groups in total. The number of carbonyl (C=O) groups is 2. The molecule has 0 spiro atoms. The van der Waals surface area contributed by atoms with E-state index in [-0.39, 0.29) is 29.7 Å². The van der Waals surface area contributed by atoms with Crippen LogP contribution >= 0.6 is 23.4 Å². The summed E-state index contributed by atoms with van der Waals surface area (Å²) in [5.74, 6) is 0.941. The lowest BCUT2D eigenvalue weighted by molar-refractivity contribution is -0.119. The summed E-state index contributed by atoms with van der Waals surface area (Å²) >= 11 is 7.51. The number of nitrogens with one attached hydrogen (secondary N) is 1. The number of hydrogen-bond donors (Lipinski definition) is 1. The Kier molecular flexibility index (Phi) is 8.37. The third-order valence-corrected chi connectivity index (χ3v) is 6.56. The zero-order chi connectivity index (χ0) is 23.3. The van der Waals surface area contributed by atoms with Gasteiger partial charge in [-0.15, -0.1) is 0 Å². The van der Waals surface area contributed by atoms with Crippen molar-refractivity contribution in [2.45, 2.75) is 51.4 Å². The molecule has 172 valence electrons. The Morgan fingerprint density at radius 3 is 2.62 bits per heavy atom. The maximum atomic E-state index is 12.9. The van der Waals surface area contributed by atoms with Crippen LogP contribution in [0.15, 0.2) is 35.5 Å². The largest absolute Gasteiger partial charge is 0.353 e. The van der Waals surface area contributed by atoms with E-state index in [9.17, 15) is 9.59 Å². The van der Waals surface area contributed by atoms with Gasteiger partial charge in [-0.3, -0.25) is 9.59 Å². The summed E-state index contributed by atoms with van der Waals surface area (Å²) in [7, 11) is 0. The monoisotopic (exact) mass is 475 g/mol. The summed E-state index contributed by atoms with van der Waals surface area (Å²) in [6.45, 7) is 9.93. The number of halogens is 1. The van der Waals surface area contributed by atoms with Crippen LogP contribution in [-0.2, 0) is 4.79 Å². The van der Waals surface area contributed by atoms with Gasteiger partial charge in [0.2, 0.25) is 5.91 Å². The highest BCUT2D eigenvalue weighted by molar-refractivity contribution is 7.99. The number of hydrogen-bond acceptors (Lipinski definition) is 6. The maximum Gasteiger partial charge on any atom is 0.254 e. The quantitative estimate of drug-likeness (QED) is 0.373. The first kappa shape index (κ1) is 24.3. The third kappa shape index (κ3) is 6.36. The fourth-order valence-electron chi connectivity index (χ4n) is 3.49. The Balaban J connectivity index is 1.63. The van der Waals surface area contributed by atoms with E-state index in [4.69, 9.17) is 11.6 Å².